The highest BCUT2D eigenvalue weighted by molar-refractivity contribution is 5.91. The zero-order chi connectivity index (χ0) is 19.1. The zero-order valence-electron chi connectivity index (χ0n) is 15.8. The Morgan fingerprint density at radius 2 is 2.12 bits per heavy atom. The quantitative estimate of drug-likeness (QED) is 0.300. The van der Waals surface area contributed by atoms with Crippen LogP contribution in [0.25, 0.3) is 0 Å². The van der Waals surface area contributed by atoms with Gasteiger partial charge in [-0.2, -0.15) is 0 Å². The molecular formula is C22H30O4. The first-order chi connectivity index (χ1) is 12.4. The van der Waals surface area contributed by atoms with Gasteiger partial charge < -0.3 is 10.2 Å². The van der Waals surface area contributed by atoms with Gasteiger partial charge in [0.05, 0.1) is 6.10 Å². The lowest BCUT2D eigenvalue weighted by molar-refractivity contribution is -0.137. The van der Waals surface area contributed by atoms with E-state index in [9.17, 15) is 14.7 Å². The molecule has 0 aromatic rings. The van der Waals surface area contributed by atoms with Crippen molar-refractivity contribution in [3.63, 3.8) is 0 Å². The predicted octanol–water partition coefficient (Wildman–Crippen LogP) is 3.75. The minimum Gasteiger partial charge on any atom is -0.481 e. The molecule has 0 bridgehead atoms. The molecule has 2 rings (SSSR count). The van der Waals surface area contributed by atoms with Gasteiger partial charge in [-0.3, -0.25) is 9.59 Å². The van der Waals surface area contributed by atoms with Crippen molar-refractivity contribution in [2.45, 2.75) is 64.9 Å². The molecule has 0 spiro atoms. The normalized spacial score (nSPS) is 30.2. The number of aliphatic hydroxyl groups is 1. The van der Waals surface area contributed by atoms with Gasteiger partial charge >= 0.3 is 5.97 Å². The van der Waals surface area contributed by atoms with Gasteiger partial charge in [0, 0.05) is 24.7 Å². The van der Waals surface area contributed by atoms with E-state index < -0.39 is 5.97 Å². The molecule has 0 radical (unpaired) electrons. The Morgan fingerprint density at radius 3 is 2.81 bits per heavy atom. The number of aliphatic hydroxyl groups excluding tert-OH is 1. The predicted molar refractivity (Wildman–Crippen MR) is 101 cm³/mol. The summed E-state index contributed by atoms with van der Waals surface area (Å²) >= 11 is 0. The third kappa shape index (κ3) is 5.57. The number of carbonyl (C=O) groups excluding carboxylic acids is 1. The van der Waals surface area contributed by atoms with Gasteiger partial charge in [0.25, 0.3) is 0 Å². The smallest absolute Gasteiger partial charge is 0.303 e. The van der Waals surface area contributed by atoms with Crippen LogP contribution >= 0.6 is 0 Å². The molecule has 4 heteroatoms. The maximum Gasteiger partial charge on any atom is 0.303 e. The highest BCUT2D eigenvalue weighted by Gasteiger charge is 2.44. The minimum absolute atomic E-state index is 0.0401. The summed E-state index contributed by atoms with van der Waals surface area (Å²) in [6, 6.07) is 0. The summed E-state index contributed by atoms with van der Waals surface area (Å²) in [4.78, 5) is 22.8. The van der Waals surface area contributed by atoms with Gasteiger partial charge in [-0.25, -0.2) is 0 Å². The van der Waals surface area contributed by atoms with Crippen LogP contribution in [0.5, 0.6) is 0 Å². The first-order valence-corrected chi connectivity index (χ1v) is 9.61. The second-order valence-electron chi connectivity index (χ2n) is 7.65. The highest BCUT2D eigenvalue weighted by Crippen LogP contribution is 2.50. The van der Waals surface area contributed by atoms with Crippen LogP contribution in [-0.2, 0) is 9.59 Å². The Kier molecular flexibility index (Phi) is 7.66. The number of carbonyl (C=O) groups is 2. The van der Waals surface area contributed by atoms with Crippen molar-refractivity contribution >= 4 is 11.8 Å². The summed E-state index contributed by atoms with van der Waals surface area (Å²) in [5.74, 6) is 5.88. The summed E-state index contributed by atoms with van der Waals surface area (Å²) < 4.78 is 0. The number of fused-ring (bicyclic) bond motifs is 1. The molecule has 0 aromatic heterocycles. The number of hydrogen-bond acceptors (Lipinski definition) is 3. The number of carboxylic acid groups (broad SMARTS) is 1. The molecule has 0 aromatic carbocycles. The fourth-order valence-corrected chi connectivity index (χ4v) is 4.23. The molecule has 5 atom stereocenters. The fourth-order valence-electron chi connectivity index (χ4n) is 4.23. The number of allylic oxidation sites excluding steroid dienone is 3. The molecule has 142 valence electrons. The first-order valence-electron chi connectivity index (χ1n) is 9.61. The summed E-state index contributed by atoms with van der Waals surface area (Å²) in [6.45, 7) is 3.66. The van der Waals surface area contributed by atoms with E-state index in [4.69, 9.17) is 5.11 Å². The minimum atomic E-state index is -0.746. The van der Waals surface area contributed by atoms with E-state index in [2.05, 4.69) is 17.9 Å². The standard InChI is InChI=1S/C22H30O4/c1-3-4-7-15(2)20(23)11-10-18-19-13-16(8-5-6-9-22(25)26)12-17(19)14-21(18)24/h8,10-11,15,17-19,21,24H,5-7,9,12-14H2,1-2H3,(H,25,26)/b11-10+,16-8+/t15-,17+,18+,19-,21+/m0/s1. The molecule has 26 heavy (non-hydrogen) atoms. The van der Waals surface area contributed by atoms with Crippen molar-refractivity contribution in [1.82, 2.24) is 0 Å². The molecule has 2 fully saturated rings. The maximum absolute atomic E-state index is 12.2. The van der Waals surface area contributed by atoms with Gasteiger partial charge in [-0.05, 0) is 56.9 Å². The van der Waals surface area contributed by atoms with Crippen LogP contribution in [0.2, 0.25) is 0 Å². The molecule has 2 N–H and O–H groups in total. The monoisotopic (exact) mass is 358 g/mol. The van der Waals surface area contributed by atoms with Crippen LogP contribution in [0.3, 0.4) is 0 Å². The molecule has 2 aliphatic carbocycles. The third-order valence-electron chi connectivity index (χ3n) is 5.69. The van der Waals surface area contributed by atoms with Crippen LogP contribution in [0, 0.1) is 35.5 Å². The zero-order valence-corrected chi connectivity index (χ0v) is 15.8. The number of carboxylic acids is 1. The largest absolute Gasteiger partial charge is 0.481 e. The average Bonchev–Trinajstić information content (AvgIpc) is 3.10. The van der Waals surface area contributed by atoms with Gasteiger partial charge in [0.1, 0.15) is 0 Å². The van der Waals surface area contributed by atoms with Crippen LogP contribution in [0.4, 0.5) is 0 Å². The van der Waals surface area contributed by atoms with Crippen molar-refractivity contribution in [2.24, 2.45) is 23.7 Å². The topological polar surface area (TPSA) is 74.6 Å². The van der Waals surface area contributed by atoms with E-state index in [0.717, 1.165) is 25.7 Å². The SMILES string of the molecule is CC#CC[C@H](C)C(=O)/C=C/[C@@H]1[C@H]2C/C(=C/CCCC(=O)O)C[C@@H]2C[C@H]1O. The van der Waals surface area contributed by atoms with Crippen molar-refractivity contribution < 1.29 is 19.8 Å². The Balaban J connectivity index is 1.91. The van der Waals surface area contributed by atoms with Crippen LogP contribution < -0.4 is 0 Å². The van der Waals surface area contributed by atoms with Crippen molar-refractivity contribution in [3.05, 3.63) is 23.8 Å². The molecule has 0 saturated heterocycles. The lowest BCUT2D eigenvalue weighted by atomic mass is 9.89. The van der Waals surface area contributed by atoms with E-state index >= 15 is 0 Å². The fraction of sp³-hybridized carbons (Fsp3) is 0.636. The van der Waals surface area contributed by atoms with Crippen molar-refractivity contribution in [2.75, 3.05) is 0 Å². The first kappa shape index (κ1) is 20.5. The van der Waals surface area contributed by atoms with Crippen molar-refractivity contribution in [1.29, 1.82) is 0 Å². The molecule has 0 unspecified atom stereocenters. The summed E-state index contributed by atoms with van der Waals surface area (Å²) in [5.41, 5.74) is 1.38. The Bertz CT molecular complexity index is 634. The maximum atomic E-state index is 12.2. The van der Waals surface area contributed by atoms with E-state index in [-0.39, 0.29) is 30.1 Å². The van der Waals surface area contributed by atoms with Crippen molar-refractivity contribution in [3.8, 4) is 11.8 Å². The lowest BCUT2D eigenvalue weighted by Gasteiger charge is -2.17. The Morgan fingerprint density at radius 1 is 1.35 bits per heavy atom. The molecule has 0 aliphatic heterocycles. The lowest BCUT2D eigenvalue weighted by Crippen LogP contribution is -2.17. The number of rotatable bonds is 8. The van der Waals surface area contributed by atoms with Gasteiger partial charge in [0.2, 0.25) is 0 Å². The molecular weight excluding hydrogens is 328 g/mol. The van der Waals surface area contributed by atoms with Gasteiger partial charge in [0.15, 0.2) is 5.78 Å². The Labute approximate surface area is 156 Å². The van der Waals surface area contributed by atoms with E-state index in [1.165, 1.54) is 5.57 Å². The van der Waals surface area contributed by atoms with E-state index in [1.54, 1.807) is 13.0 Å². The number of aliphatic carboxylic acids is 1. The number of hydrogen-bond donors (Lipinski definition) is 2. The van der Waals surface area contributed by atoms with Gasteiger partial charge in [-0.15, -0.1) is 11.8 Å². The highest BCUT2D eigenvalue weighted by atomic mass is 16.4. The number of unbranched alkanes of at least 4 members (excludes halogenated alkanes) is 1. The Hall–Kier alpha value is -1.86. The molecule has 0 amide bonds. The van der Waals surface area contributed by atoms with Crippen LogP contribution in [0.15, 0.2) is 23.8 Å². The third-order valence-corrected chi connectivity index (χ3v) is 5.69. The second kappa shape index (κ2) is 9.73. The van der Waals surface area contributed by atoms with Crippen LogP contribution in [-0.4, -0.2) is 28.1 Å². The molecule has 2 saturated carbocycles. The molecule has 4 nitrogen and oxygen atoms in total. The summed E-state index contributed by atoms with van der Waals surface area (Å²) in [5, 5.41) is 19.1. The summed E-state index contributed by atoms with van der Waals surface area (Å²) in [7, 11) is 0. The van der Waals surface area contributed by atoms with Gasteiger partial charge in [-0.1, -0.05) is 24.6 Å². The summed E-state index contributed by atoms with van der Waals surface area (Å²) in [6.07, 6.45) is 10.4. The molecule has 0 heterocycles. The average molecular weight is 358 g/mol. The van der Waals surface area contributed by atoms with Crippen LogP contribution in [0.1, 0.15) is 58.8 Å². The second-order valence-corrected chi connectivity index (χ2v) is 7.65. The molecule has 2 aliphatic rings. The number of ketones is 1. The van der Waals surface area contributed by atoms with E-state index in [0.29, 0.717) is 24.7 Å². The van der Waals surface area contributed by atoms with E-state index in [1.807, 2.05) is 13.0 Å².